The van der Waals surface area contributed by atoms with Gasteiger partial charge in [0.2, 0.25) is 5.27 Å². The summed E-state index contributed by atoms with van der Waals surface area (Å²) in [5.41, 5.74) is 10.5. The Morgan fingerprint density at radius 1 is 1.28 bits per heavy atom. The number of rotatable bonds is 5. The van der Waals surface area contributed by atoms with Crippen molar-refractivity contribution in [2.75, 3.05) is 11.1 Å². The number of Topliss-reactive ketones (excluding diaryl/α,β-unsaturated/α-hetero) is 1. The second kappa shape index (κ2) is 7.52. The number of nitrogens with two attached hydrogens (primary N) is 1. The molecule has 1 saturated carbocycles. The number of carbonyl (C=O) groups is 2. The van der Waals surface area contributed by atoms with Gasteiger partial charge in [0.25, 0.3) is 12.1 Å². The van der Waals surface area contributed by atoms with Crippen molar-refractivity contribution in [3.63, 3.8) is 0 Å². The van der Waals surface area contributed by atoms with Crippen molar-refractivity contribution in [2.24, 2.45) is 0 Å². The molecule has 9 heteroatoms. The number of aromatic nitrogens is 3. The number of thiophene rings is 1. The first kappa shape index (κ1) is 20.3. The van der Waals surface area contributed by atoms with E-state index in [2.05, 4.69) is 15.6 Å². The van der Waals surface area contributed by atoms with Crippen LogP contribution in [0.25, 0.3) is 21.3 Å². The molecule has 1 aliphatic carbocycles. The van der Waals surface area contributed by atoms with Crippen molar-refractivity contribution >= 4 is 44.8 Å². The maximum atomic E-state index is 13.0. The van der Waals surface area contributed by atoms with Crippen molar-refractivity contribution in [1.29, 1.82) is 0 Å². The maximum Gasteiger partial charge on any atom is 0.302 e. The molecule has 0 aliphatic heterocycles. The smallest absolute Gasteiger partial charge is 0.302 e. The minimum Gasteiger partial charge on any atom is -0.397 e. The molecule has 5 rings (SSSR count). The summed E-state index contributed by atoms with van der Waals surface area (Å²) >= 11 is 1.20. The topological polar surface area (TPSA) is 115 Å². The number of fused-ring (bicyclic) bond motifs is 1. The summed E-state index contributed by atoms with van der Waals surface area (Å²) in [5.74, 6) is -0.246. The fourth-order valence-corrected chi connectivity index (χ4v) is 4.99. The first-order chi connectivity index (χ1) is 15.3. The normalized spacial score (nSPS) is 13.5. The van der Waals surface area contributed by atoms with E-state index in [4.69, 9.17) is 10.3 Å². The van der Waals surface area contributed by atoms with Gasteiger partial charge in [-0.25, -0.2) is 4.98 Å². The third-order valence-electron chi connectivity index (χ3n) is 5.56. The zero-order valence-corrected chi connectivity index (χ0v) is 18.7. The van der Waals surface area contributed by atoms with E-state index in [1.54, 1.807) is 17.8 Å². The zero-order chi connectivity index (χ0) is 22.6. The number of anilines is 2. The highest BCUT2D eigenvalue weighted by Gasteiger charge is 2.36. The first-order valence-corrected chi connectivity index (χ1v) is 11.1. The van der Waals surface area contributed by atoms with Gasteiger partial charge >= 0.3 is 5.88 Å². The van der Waals surface area contributed by atoms with E-state index in [0.29, 0.717) is 43.6 Å². The van der Waals surface area contributed by atoms with Gasteiger partial charge in [0.15, 0.2) is 11.8 Å². The van der Waals surface area contributed by atoms with Gasteiger partial charge in [0.1, 0.15) is 9.71 Å². The van der Waals surface area contributed by atoms with Crippen LogP contribution in [0.2, 0.25) is 0 Å². The second-order valence-corrected chi connectivity index (χ2v) is 9.13. The van der Waals surface area contributed by atoms with Gasteiger partial charge in [0.05, 0.1) is 11.4 Å². The largest absolute Gasteiger partial charge is 0.397 e. The first-order valence-electron chi connectivity index (χ1n) is 10.3. The molecule has 1 fully saturated rings. The lowest BCUT2D eigenvalue weighted by atomic mass is 9.92. The summed E-state index contributed by atoms with van der Waals surface area (Å²) in [5, 5.41) is 7.29. The van der Waals surface area contributed by atoms with Crippen LogP contribution in [0, 0.1) is 13.8 Å². The molecule has 0 saturated heterocycles. The number of nitrogens with zero attached hydrogens (tertiary/aromatic N) is 3. The molecule has 3 aromatic heterocycles. The molecule has 1 aliphatic rings. The van der Waals surface area contributed by atoms with E-state index in [9.17, 15) is 9.59 Å². The van der Waals surface area contributed by atoms with Crippen LogP contribution in [-0.4, -0.2) is 21.9 Å². The van der Waals surface area contributed by atoms with E-state index in [1.165, 1.54) is 18.3 Å². The Kier molecular flexibility index (Phi) is 4.78. The Morgan fingerprint density at radius 2 is 2.06 bits per heavy atom. The molecule has 1 amide bonds. The van der Waals surface area contributed by atoms with E-state index in [0.717, 1.165) is 24.0 Å². The molecule has 1 aromatic carbocycles. The van der Waals surface area contributed by atoms with Crippen molar-refractivity contribution in [2.45, 2.75) is 39.7 Å². The summed E-state index contributed by atoms with van der Waals surface area (Å²) in [6, 6.07) is 8.21. The second-order valence-electron chi connectivity index (χ2n) is 8.13. The summed E-state index contributed by atoms with van der Waals surface area (Å²) in [7, 11) is 0. The van der Waals surface area contributed by atoms with Crippen molar-refractivity contribution < 1.29 is 18.8 Å². The van der Waals surface area contributed by atoms with Crippen LogP contribution in [0.15, 0.2) is 35.0 Å². The van der Waals surface area contributed by atoms with E-state index >= 15 is 0 Å². The molecule has 0 radical (unpaired) electrons. The summed E-state index contributed by atoms with van der Waals surface area (Å²) < 4.78 is 6.94. The van der Waals surface area contributed by atoms with Crippen molar-refractivity contribution in [3.8, 4) is 11.1 Å². The van der Waals surface area contributed by atoms with Crippen molar-refractivity contribution in [3.05, 3.63) is 52.2 Å². The number of aryl methyl sites for hydroxylation is 2. The molecule has 4 aromatic rings. The zero-order valence-electron chi connectivity index (χ0n) is 17.9. The average molecular weight is 449 g/mol. The fourth-order valence-electron chi connectivity index (χ4n) is 3.95. The molecule has 8 nitrogen and oxygen atoms in total. The van der Waals surface area contributed by atoms with Crippen LogP contribution in [0.4, 0.5) is 11.6 Å². The Bertz CT molecular complexity index is 1400. The molecule has 3 N–H and O–H groups in total. The van der Waals surface area contributed by atoms with Crippen LogP contribution in [0.5, 0.6) is 0 Å². The SMILES string of the molecule is CC(=O)c1c(C)nc2sc(C(=O)Nc3c[n+](C4CC4)no3)c(N)c2c1-c1cccc(C)c1. The standard InChI is InChI=1S/C23H21N5O3S/c1-11-5-4-6-14(9-11)18-17(13(3)29)12(2)25-23-19(18)20(24)21(32-23)22(30)26-16-10-28(27-31-16)15-7-8-15/h4-6,9-10,15H,7-8H2,1-3H3,(H2-,24,26,27,30)/p+1. The van der Waals surface area contributed by atoms with Gasteiger partial charge in [-0.05, 0) is 31.0 Å². The van der Waals surface area contributed by atoms with Crippen LogP contribution in [-0.2, 0) is 0 Å². The Balaban J connectivity index is 1.64. The molecule has 0 atom stereocenters. The van der Waals surface area contributed by atoms with Gasteiger partial charge < -0.3 is 5.73 Å². The van der Waals surface area contributed by atoms with Crippen LogP contribution < -0.4 is 15.7 Å². The predicted octanol–water partition coefficient (Wildman–Crippen LogP) is 4.23. The molecular weight excluding hydrogens is 426 g/mol. The fraction of sp³-hybridized carbons (Fsp3) is 0.261. The highest BCUT2D eigenvalue weighted by molar-refractivity contribution is 7.21. The number of carbonyl (C=O) groups excluding carboxylic acids is 2. The number of ketones is 1. The van der Waals surface area contributed by atoms with Crippen LogP contribution in [0.1, 0.15) is 57.1 Å². The molecule has 0 spiro atoms. The lowest BCUT2D eigenvalue weighted by molar-refractivity contribution is -0.765. The molecule has 162 valence electrons. The summed E-state index contributed by atoms with van der Waals surface area (Å²) in [6.07, 6.45) is 3.78. The van der Waals surface area contributed by atoms with Crippen molar-refractivity contribution in [1.82, 2.24) is 10.3 Å². The quantitative estimate of drug-likeness (QED) is 0.349. The lowest BCUT2D eigenvalue weighted by Crippen LogP contribution is -2.32. The number of hydrogen-bond acceptors (Lipinski definition) is 7. The number of benzene rings is 1. The molecular formula is C23H22N5O3S+. The Hall–Kier alpha value is -3.59. The van der Waals surface area contributed by atoms with Gasteiger partial charge in [-0.2, -0.15) is 0 Å². The molecule has 32 heavy (non-hydrogen) atoms. The van der Waals surface area contributed by atoms with Gasteiger partial charge in [-0.1, -0.05) is 29.8 Å². The average Bonchev–Trinajstić information content (AvgIpc) is 3.40. The van der Waals surface area contributed by atoms with E-state index < -0.39 is 5.91 Å². The molecule has 0 unspecified atom stereocenters. The van der Waals surface area contributed by atoms with Gasteiger partial charge in [0, 0.05) is 29.4 Å². The maximum absolute atomic E-state index is 13.0. The van der Waals surface area contributed by atoms with Crippen LogP contribution in [0.3, 0.4) is 0 Å². The Morgan fingerprint density at radius 3 is 2.75 bits per heavy atom. The van der Waals surface area contributed by atoms with Gasteiger partial charge in [-0.15, -0.1) is 11.3 Å². The monoisotopic (exact) mass is 448 g/mol. The Labute approximate surface area is 188 Å². The van der Waals surface area contributed by atoms with Crippen LogP contribution >= 0.6 is 11.3 Å². The highest BCUT2D eigenvalue weighted by Crippen LogP contribution is 2.42. The number of nitrogen functional groups attached to an aromatic ring is 1. The number of hydrogen-bond donors (Lipinski definition) is 2. The minimum atomic E-state index is -0.401. The molecule has 0 bridgehead atoms. The number of pyridine rings is 1. The third kappa shape index (κ3) is 3.44. The predicted molar refractivity (Wildman–Crippen MR) is 122 cm³/mol. The van der Waals surface area contributed by atoms with E-state index in [1.807, 2.05) is 31.2 Å². The minimum absolute atomic E-state index is 0.101. The molecule has 3 heterocycles. The van der Waals surface area contributed by atoms with Gasteiger partial charge in [-0.3, -0.25) is 19.4 Å². The number of nitrogens with one attached hydrogen (secondary N) is 1. The third-order valence-corrected chi connectivity index (χ3v) is 6.66. The van der Waals surface area contributed by atoms with E-state index in [-0.39, 0.29) is 11.7 Å². The lowest BCUT2D eigenvalue weighted by Gasteiger charge is -2.13. The summed E-state index contributed by atoms with van der Waals surface area (Å²) in [4.78, 5) is 31.1. The summed E-state index contributed by atoms with van der Waals surface area (Å²) in [6.45, 7) is 5.31. The highest BCUT2D eigenvalue weighted by atomic mass is 32.1. The number of amides is 1.